The van der Waals surface area contributed by atoms with Gasteiger partial charge >= 0.3 is 0 Å². The molecular formula is C17H15Cl2N3O2. The lowest BCUT2D eigenvalue weighted by Crippen LogP contribution is -2.12. The third kappa shape index (κ3) is 3.27. The Kier molecular flexibility index (Phi) is 4.55. The van der Waals surface area contributed by atoms with Crippen LogP contribution in [0.1, 0.15) is 17.4 Å². The molecule has 0 atom stereocenters. The van der Waals surface area contributed by atoms with Crippen LogP contribution < -0.4 is 15.8 Å². The van der Waals surface area contributed by atoms with Crippen molar-refractivity contribution >= 4 is 51.4 Å². The number of H-pyrrole nitrogens is 1. The molecule has 3 aromatic rings. The predicted molar refractivity (Wildman–Crippen MR) is 98.3 cm³/mol. The molecule has 2 aromatic carbocycles. The summed E-state index contributed by atoms with van der Waals surface area (Å²) < 4.78 is 5.46. The monoisotopic (exact) mass is 363 g/mol. The van der Waals surface area contributed by atoms with Crippen molar-refractivity contribution in [3.05, 3.63) is 52.1 Å². The van der Waals surface area contributed by atoms with Gasteiger partial charge in [-0.15, -0.1) is 0 Å². The van der Waals surface area contributed by atoms with E-state index in [0.717, 1.165) is 16.7 Å². The molecule has 4 N–H and O–H groups in total. The SMILES string of the molecule is CCOc1ccc2cc(C(=O)Nc3cc(Cl)c(N)c(Cl)c3)[nH]c2c1. The Morgan fingerprint density at radius 1 is 1.21 bits per heavy atom. The molecule has 1 amide bonds. The summed E-state index contributed by atoms with van der Waals surface area (Å²) in [4.78, 5) is 15.5. The normalized spacial score (nSPS) is 10.8. The van der Waals surface area contributed by atoms with Gasteiger partial charge in [-0.3, -0.25) is 4.79 Å². The topological polar surface area (TPSA) is 80.1 Å². The van der Waals surface area contributed by atoms with E-state index in [0.29, 0.717) is 18.0 Å². The number of ether oxygens (including phenoxy) is 1. The lowest BCUT2D eigenvalue weighted by Gasteiger charge is -2.07. The van der Waals surface area contributed by atoms with E-state index in [4.69, 9.17) is 33.7 Å². The molecule has 7 heteroatoms. The number of hydrogen-bond donors (Lipinski definition) is 3. The number of nitrogen functional groups attached to an aromatic ring is 1. The number of benzene rings is 2. The number of amides is 1. The number of fused-ring (bicyclic) bond motifs is 1. The number of carbonyl (C=O) groups excluding carboxylic acids is 1. The van der Waals surface area contributed by atoms with Crippen molar-refractivity contribution in [2.45, 2.75) is 6.92 Å². The molecule has 0 radical (unpaired) electrons. The van der Waals surface area contributed by atoms with Crippen LogP contribution in [0.2, 0.25) is 10.0 Å². The maximum Gasteiger partial charge on any atom is 0.272 e. The maximum absolute atomic E-state index is 12.4. The number of hydrogen-bond acceptors (Lipinski definition) is 3. The van der Waals surface area contributed by atoms with Crippen molar-refractivity contribution < 1.29 is 9.53 Å². The molecule has 0 bridgehead atoms. The number of nitrogens with two attached hydrogens (primary N) is 1. The molecule has 0 spiro atoms. The minimum atomic E-state index is -0.305. The number of halogens is 2. The summed E-state index contributed by atoms with van der Waals surface area (Å²) in [6.07, 6.45) is 0. The Bertz CT molecular complexity index is 898. The van der Waals surface area contributed by atoms with Crippen molar-refractivity contribution in [3.8, 4) is 5.75 Å². The summed E-state index contributed by atoms with van der Waals surface area (Å²) in [6, 6.07) is 10.5. The fourth-order valence-electron chi connectivity index (χ4n) is 2.34. The van der Waals surface area contributed by atoms with E-state index in [1.807, 2.05) is 25.1 Å². The minimum absolute atomic E-state index is 0.283. The third-order valence-corrected chi connectivity index (χ3v) is 4.11. The van der Waals surface area contributed by atoms with Gasteiger partial charge in [-0.1, -0.05) is 23.2 Å². The van der Waals surface area contributed by atoms with Crippen LogP contribution in [0.15, 0.2) is 36.4 Å². The number of nitrogens with one attached hydrogen (secondary N) is 2. The Morgan fingerprint density at radius 2 is 1.92 bits per heavy atom. The Hall–Kier alpha value is -2.37. The van der Waals surface area contributed by atoms with E-state index in [-0.39, 0.29) is 21.6 Å². The van der Waals surface area contributed by atoms with Gasteiger partial charge in [0.2, 0.25) is 0 Å². The first-order valence-corrected chi connectivity index (χ1v) is 8.05. The van der Waals surface area contributed by atoms with E-state index in [1.54, 1.807) is 18.2 Å². The van der Waals surface area contributed by atoms with E-state index in [9.17, 15) is 4.79 Å². The Labute approximate surface area is 148 Å². The third-order valence-electron chi connectivity index (χ3n) is 3.49. The standard InChI is InChI=1S/C17H15Cl2N3O2/c1-2-24-11-4-3-9-5-15(22-14(9)8-11)17(23)21-10-6-12(18)16(20)13(19)7-10/h3-8,22H,2,20H2,1H3,(H,21,23). The summed E-state index contributed by atoms with van der Waals surface area (Å²) >= 11 is 12.0. The van der Waals surface area contributed by atoms with Gasteiger partial charge < -0.3 is 20.8 Å². The van der Waals surface area contributed by atoms with Crippen LogP contribution in [0, 0.1) is 0 Å². The van der Waals surface area contributed by atoms with E-state index < -0.39 is 0 Å². The maximum atomic E-state index is 12.4. The van der Waals surface area contributed by atoms with Gasteiger partial charge in [-0.05, 0) is 37.3 Å². The van der Waals surface area contributed by atoms with Crippen molar-refractivity contribution in [2.24, 2.45) is 0 Å². The molecule has 0 fully saturated rings. The van der Waals surface area contributed by atoms with E-state index in [1.165, 1.54) is 0 Å². The second kappa shape index (κ2) is 6.63. The van der Waals surface area contributed by atoms with Gasteiger partial charge in [0.1, 0.15) is 11.4 Å². The van der Waals surface area contributed by atoms with Gasteiger partial charge in [0.25, 0.3) is 5.91 Å². The van der Waals surface area contributed by atoms with Crippen LogP contribution >= 0.6 is 23.2 Å². The molecule has 0 unspecified atom stereocenters. The molecule has 1 heterocycles. The number of carbonyl (C=O) groups is 1. The van der Waals surface area contributed by atoms with Crippen LogP contribution in [0.3, 0.4) is 0 Å². The zero-order valence-corrected chi connectivity index (χ0v) is 14.3. The van der Waals surface area contributed by atoms with Gasteiger partial charge in [0.05, 0.1) is 22.3 Å². The molecule has 5 nitrogen and oxygen atoms in total. The van der Waals surface area contributed by atoms with Gasteiger partial charge in [0.15, 0.2) is 0 Å². The zero-order chi connectivity index (χ0) is 17.3. The van der Waals surface area contributed by atoms with Crippen molar-refractivity contribution in [1.82, 2.24) is 4.98 Å². The molecule has 3 rings (SSSR count). The second-order valence-electron chi connectivity index (χ2n) is 5.17. The van der Waals surface area contributed by atoms with Crippen molar-refractivity contribution in [3.63, 3.8) is 0 Å². The lowest BCUT2D eigenvalue weighted by molar-refractivity contribution is 0.102. The van der Waals surface area contributed by atoms with E-state index >= 15 is 0 Å². The first kappa shape index (κ1) is 16.5. The molecule has 0 aliphatic rings. The number of anilines is 2. The summed E-state index contributed by atoms with van der Waals surface area (Å²) in [5.74, 6) is 0.442. The zero-order valence-electron chi connectivity index (χ0n) is 12.8. The second-order valence-corrected chi connectivity index (χ2v) is 5.99. The van der Waals surface area contributed by atoms with E-state index in [2.05, 4.69) is 10.3 Å². The summed E-state index contributed by atoms with van der Waals surface area (Å²) in [5.41, 5.74) is 7.68. The molecule has 1 aromatic heterocycles. The molecule has 24 heavy (non-hydrogen) atoms. The van der Waals surface area contributed by atoms with Gasteiger partial charge in [-0.2, -0.15) is 0 Å². The molecule has 0 saturated carbocycles. The summed E-state index contributed by atoms with van der Waals surface area (Å²) in [6.45, 7) is 2.50. The van der Waals surface area contributed by atoms with Crippen LogP contribution in [-0.4, -0.2) is 17.5 Å². The molecular weight excluding hydrogens is 349 g/mol. The van der Waals surface area contributed by atoms with Crippen LogP contribution in [-0.2, 0) is 0 Å². The smallest absolute Gasteiger partial charge is 0.272 e. The predicted octanol–water partition coefficient (Wildman–Crippen LogP) is 4.71. The van der Waals surface area contributed by atoms with Gasteiger partial charge in [0, 0.05) is 22.7 Å². The quantitative estimate of drug-likeness (QED) is 0.587. The highest BCUT2D eigenvalue weighted by atomic mass is 35.5. The first-order chi connectivity index (χ1) is 11.5. The van der Waals surface area contributed by atoms with Crippen molar-refractivity contribution in [2.75, 3.05) is 17.7 Å². The average Bonchev–Trinajstić information content (AvgIpc) is 2.96. The average molecular weight is 364 g/mol. The first-order valence-electron chi connectivity index (χ1n) is 7.29. The number of aromatic amines is 1. The van der Waals surface area contributed by atoms with Crippen molar-refractivity contribution in [1.29, 1.82) is 0 Å². The molecule has 124 valence electrons. The highest BCUT2D eigenvalue weighted by Gasteiger charge is 2.12. The molecule has 0 saturated heterocycles. The van der Waals surface area contributed by atoms with Gasteiger partial charge in [-0.25, -0.2) is 0 Å². The summed E-state index contributed by atoms with van der Waals surface area (Å²) in [5, 5.41) is 4.23. The fraction of sp³-hybridized carbons (Fsp3) is 0.118. The minimum Gasteiger partial charge on any atom is -0.494 e. The molecule has 0 aliphatic heterocycles. The van der Waals surface area contributed by atoms with Crippen LogP contribution in [0.25, 0.3) is 10.9 Å². The Morgan fingerprint density at radius 3 is 2.58 bits per heavy atom. The highest BCUT2D eigenvalue weighted by molar-refractivity contribution is 6.39. The number of rotatable bonds is 4. The highest BCUT2D eigenvalue weighted by Crippen LogP contribution is 2.31. The number of aromatic nitrogens is 1. The van der Waals surface area contributed by atoms with Crippen LogP contribution in [0.4, 0.5) is 11.4 Å². The van der Waals surface area contributed by atoms with Crippen LogP contribution in [0.5, 0.6) is 5.75 Å². The molecule has 0 aliphatic carbocycles. The Balaban J connectivity index is 1.86. The largest absolute Gasteiger partial charge is 0.494 e. The lowest BCUT2D eigenvalue weighted by atomic mass is 10.2. The fourth-order valence-corrected chi connectivity index (χ4v) is 2.83. The summed E-state index contributed by atoms with van der Waals surface area (Å²) in [7, 11) is 0.